The Hall–Kier alpha value is -0.570. The van der Waals surface area contributed by atoms with Crippen LogP contribution in [0.5, 0.6) is 0 Å². The number of amides is 1. The van der Waals surface area contributed by atoms with Crippen LogP contribution in [-0.2, 0) is 9.53 Å². The average Bonchev–Trinajstić information content (AvgIpc) is 2.10. The van der Waals surface area contributed by atoms with Gasteiger partial charge in [0, 0.05) is 12.6 Å². The van der Waals surface area contributed by atoms with Gasteiger partial charge in [0.1, 0.15) is 6.61 Å². The second-order valence-corrected chi connectivity index (χ2v) is 3.11. The molecule has 1 aliphatic rings. The molecule has 0 aromatic rings. The lowest BCUT2D eigenvalue weighted by molar-refractivity contribution is -0.145. The maximum absolute atomic E-state index is 11.4. The van der Waals surface area contributed by atoms with Crippen LogP contribution in [0.15, 0.2) is 0 Å². The minimum Gasteiger partial charge on any atom is -0.370 e. The maximum atomic E-state index is 11.4. The molecule has 0 aromatic heterocycles. The van der Waals surface area contributed by atoms with E-state index in [4.69, 9.17) is 4.74 Å². The molecule has 1 saturated heterocycles. The zero-order chi connectivity index (χ0) is 8.97. The zero-order valence-corrected chi connectivity index (χ0v) is 7.88. The highest BCUT2D eigenvalue weighted by atomic mass is 16.5. The van der Waals surface area contributed by atoms with Gasteiger partial charge in [-0.3, -0.25) is 4.79 Å². The molecule has 1 rings (SSSR count). The van der Waals surface area contributed by atoms with Crippen molar-refractivity contribution >= 4 is 5.91 Å². The van der Waals surface area contributed by atoms with Gasteiger partial charge < -0.3 is 9.64 Å². The Balaban J connectivity index is 2.51. The zero-order valence-electron chi connectivity index (χ0n) is 7.88. The molecule has 1 heterocycles. The van der Waals surface area contributed by atoms with Crippen LogP contribution in [-0.4, -0.2) is 36.6 Å². The molecular formula is C9H17NO2. The Morgan fingerprint density at radius 3 is 2.67 bits per heavy atom. The molecule has 70 valence electrons. The standard InChI is InChI=1S/C9H17NO2/c1-3-8(4-2)10-5-6-12-7-9(10)11/h8H,3-7H2,1-2H3. The second kappa shape index (κ2) is 4.45. The summed E-state index contributed by atoms with van der Waals surface area (Å²) in [7, 11) is 0. The normalized spacial score (nSPS) is 18.9. The fraction of sp³-hybridized carbons (Fsp3) is 0.889. The lowest BCUT2D eigenvalue weighted by Gasteiger charge is -2.33. The predicted octanol–water partition coefficient (Wildman–Crippen LogP) is 1.03. The number of hydrogen-bond donors (Lipinski definition) is 0. The third-order valence-electron chi connectivity index (χ3n) is 2.41. The van der Waals surface area contributed by atoms with Gasteiger partial charge in [-0.15, -0.1) is 0 Å². The van der Waals surface area contributed by atoms with Crippen LogP contribution in [0.3, 0.4) is 0 Å². The lowest BCUT2D eigenvalue weighted by Crippen LogP contribution is -2.47. The molecule has 0 aliphatic carbocycles. The lowest BCUT2D eigenvalue weighted by atomic mass is 10.1. The fourth-order valence-electron chi connectivity index (χ4n) is 1.65. The molecule has 0 atom stereocenters. The van der Waals surface area contributed by atoms with E-state index in [2.05, 4.69) is 13.8 Å². The number of ether oxygens (including phenoxy) is 1. The summed E-state index contributed by atoms with van der Waals surface area (Å²) in [5.41, 5.74) is 0. The van der Waals surface area contributed by atoms with Crippen molar-refractivity contribution in [3.8, 4) is 0 Å². The van der Waals surface area contributed by atoms with Crippen LogP contribution in [0.2, 0.25) is 0 Å². The number of carbonyl (C=O) groups is 1. The minimum atomic E-state index is 0.148. The quantitative estimate of drug-likeness (QED) is 0.635. The molecule has 0 spiro atoms. The van der Waals surface area contributed by atoms with Gasteiger partial charge in [0.25, 0.3) is 0 Å². The molecule has 0 radical (unpaired) electrons. The van der Waals surface area contributed by atoms with Gasteiger partial charge in [0.2, 0.25) is 5.91 Å². The first-order valence-corrected chi connectivity index (χ1v) is 4.66. The summed E-state index contributed by atoms with van der Waals surface area (Å²) in [5, 5.41) is 0. The Labute approximate surface area is 73.7 Å². The van der Waals surface area contributed by atoms with E-state index in [1.54, 1.807) is 0 Å². The summed E-state index contributed by atoms with van der Waals surface area (Å²) in [6.45, 7) is 5.98. The van der Waals surface area contributed by atoms with Gasteiger partial charge in [-0.05, 0) is 12.8 Å². The molecule has 0 aromatic carbocycles. The Kier molecular flexibility index (Phi) is 3.53. The summed E-state index contributed by atoms with van der Waals surface area (Å²) in [4.78, 5) is 13.3. The molecule has 1 aliphatic heterocycles. The first kappa shape index (κ1) is 9.52. The molecule has 0 N–H and O–H groups in total. The number of hydrogen-bond acceptors (Lipinski definition) is 2. The third kappa shape index (κ3) is 1.97. The van der Waals surface area contributed by atoms with Gasteiger partial charge in [-0.1, -0.05) is 13.8 Å². The van der Waals surface area contributed by atoms with Crippen LogP contribution >= 0.6 is 0 Å². The van der Waals surface area contributed by atoms with Crippen molar-refractivity contribution in [2.24, 2.45) is 0 Å². The summed E-state index contributed by atoms with van der Waals surface area (Å²) in [6.07, 6.45) is 2.09. The monoisotopic (exact) mass is 171 g/mol. The van der Waals surface area contributed by atoms with E-state index in [0.717, 1.165) is 19.4 Å². The van der Waals surface area contributed by atoms with Gasteiger partial charge in [-0.2, -0.15) is 0 Å². The average molecular weight is 171 g/mol. The predicted molar refractivity (Wildman–Crippen MR) is 46.9 cm³/mol. The van der Waals surface area contributed by atoms with Crippen LogP contribution in [0.1, 0.15) is 26.7 Å². The molecule has 0 bridgehead atoms. The van der Waals surface area contributed by atoms with Crippen LogP contribution in [0.25, 0.3) is 0 Å². The van der Waals surface area contributed by atoms with E-state index in [1.165, 1.54) is 0 Å². The molecule has 0 unspecified atom stereocenters. The molecule has 1 fully saturated rings. The Morgan fingerprint density at radius 2 is 2.17 bits per heavy atom. The number of rotatable bonds is 3. The van der Waals surface area contributed by atoms with Crippen LogP contribution in [0, 0.1) is 0 Å². The van der Waals surface area contributed by atoms with Gasteiger partial charge >= 0.3 is 0 Å². The number of carbonyl (C=O) groups excluding carboxylic acids is 1. The summed E-state index contributed by atoms with van der Waals surface area (Å²) in [5.74, 6) is 0.148. The van der Waals surface area contributed by atoms with Crippen molar-refractivity contribution in [3.05, 3.63) is 0 Å². The molecule has 3 heteroatoms. The molecule has 3 nitrogen and oxygen atoms in total. The smallest absolute Gasteiger partial charge is 0.248 e. The first-order chi connectivity index (χ1) is 5.79. The maximum Gasteiger partial charge on any atom is 0.248 e. The van der Waals surface area contributed by atoms with E-state index in [1.807, 2.05) is 4.90 Å². The Bertz CT molecular complexity index is 155. The van der Waals surface area contributed by atoms with Crippen molar-refractivity contribution in [2.45, 2.75) is 32.7 Å². The summed E-state index contributed by atoms with van der Waals surface area (Å²) in [6, 6.07) is 0.418. The minimum absolute atomic E-state index is 0.148. The largest absolute Gasteiger partial charge is 0.370 e. The van der Waals surface area contributed by atoms with Gasteiger partial charge in [0.15, 0.2) is 0 Å². The molecular weight excluding hydrogens is 154 g/mol. The number of morpholine rings is 1. The van der Waals surface area contributed by atoms with Crippen molar-refractivity contribution in [1.29, 1.82) is 0 Å². The molecule has 12 heavy (non-hydrogen) atoms. The van der Waals surface area contributed by atoms with Crippen LogP contribution in [0.4, 0.5) is 0 Å². The van der Waals surface area contributed by atoms with Crippen molar-refractivity contribution in [1.82, 2.24) is 4.90 Å². The highest BCUT2D eigenvalue weighted by molar-refractivity contribution is 5.78. The topological polar surface area (TPSA) is 29.5 Å². The fourth-order valence-corrected chi connectivity index (χ4v) is 1.65. The van der Waals surface area contributed by atoms with E-state index in [-0.39, 0.29) is 12.5 Å². The van der Waals surface area contributed by atoms with Crippen molar-refractivity contribution in [3.63, 3.8) is 0 Å². The van der Waals surface area contributed by atoms with E-state index >= 15 is 0 Å². The van der Waals surface area contributed by atoms with Gasteiger partial charge in [-0.25, -0.2) is 0 Å². The molecule has 1 amide bonds. The van der Waals surface area contributed by atoms with Crippen molar-refractivity contribution in [2.75, 3.05) is 19.8 Å². The summed E-state index contributed by atoms with van der Waals surface area (Å²) >= 11 is 0. The summed E-state index contributed by atoms with van der Waals surface area (Å²) < 4.78 is 5.06. The SMILES string of the molecule is CCC(CC)N1CCOCC1=O. The first-order valence-electron chi connectivity index (χ1n) is 4.66. The van der Waals surface area contributed by atoms with E-state index < -0.39 is 0 Å². The second-order valence-electron chi connectivity index (χ2n) is 3.11. The van der Waals surface area contributed by atoms with Gasteiger partial charge in [0.05, 0.1) is 6.61 Å². The van der Waals surface area contributed by atoms with E-state index in [9.17, 15) is 4.79 Å². The highest BCUT2D eigenvalue weighted by Crippen LogP contribution is 2.11. The third-order valence-corrected chi connectivity index (χ3v) is 2.41. The molecule has 0 saturated carbocycles. The van der Waals surface area contributed by atoms with E-state index in [0.29, 0.717) is 12.6 Å². The highest BCUT2D eigenvalue weighted by Gasteiger charge is 2.23. The van der Waals surface area contributed by atoms with Crippen LogP contribution < -0.4 is 0 Å². The number of nitrogens with zero attached hydrogens (tertiary/aromatic N) is 1. The Morgan fingerprint density at radius 1 is 1.50 bits per heavy atom. The van der Waals surface area contributed by atoms with Crippen molar-refractivity contribution < 1.29 is 9.53 Å².